The predicted octanol–water partition coefficient (Wildman–Crippen LogP) is 5.67. The van der Waals surface area contributed by atoms with Gasteiger partial charge >= 0.3 is 6.18 Å². The molecule has 0 amide bonds. The number of halogens is 5. The van der Waals surface area contributed by atoms with Crippen molar-refractivity contribution in [1.29, 1.82) is 0 Å². The highest BCUT2D eigenvalue weighted by atomic mass is 35.5. The lowest BCUT2D eigenvalue weighted by molar-refractivity contribution is -0.138. The minimum Gasteiger partial charge on any atom is -0.376 e. The van der Waals surface area contributed by atoms with Crippen LogP contribution >= 0.6 is 11.6 Å². The van der Waals surface area contributed by atoms with E-state index >= 15 is 0 Å². The Morgan fingerprint density at radius 2 is 1.71 bits per heavy atom. The number of alkyl halides is 3. The normalized spacial score (nSPS) is 13.0. The largest absolute Gasteiger partial charge is 0.416 e. The zero-order valence-electron chi connectivity index (χ0n) is 11.0. The molecule has 1 N–H and O–H groups in total. The molecule has 2 rings (SSSR count). The van der Waals surface area contributed by atoms with Gasteiger partial charge in [0.2, 0.25) is 0 Å². The quantitative estimate of drug-likeness (QED) is 0.719. The van der Waals surface area contributed by atoms with Gasteiger partial charge in [-0.3, -0.25) is 0 Å². The fraction of sp³-hybridized carbons (Fsp3) is 0.200. The summed E-state index contributed by atoms with van der Waals surface area (Å²) in [6, 6.07) is 8.79. The third-order valence-electron chi connectivity index (χ3n) is 3.06. The number of benzene rings is 2. The van der Waals surface area contributed by atoms with Gasteiger partial charge in [-0.25, -0.2) is 4.39 Å². The van der Waals surface area contributed by atoms with Crippen molar-refractivity contribution >= 4 is 17.3 Å². The first kappa shape index (κ1) is 15.6. The van der Waals surface area contributed by atoms with Crippen molar-refractivity contribution in [3.05, 3.63) is 64.4 Å². The van der Waals surface area contributed by atoms with E-state index < -0.39 is 23.6 Å². The second kappa shape index (κ2) is 5.93. The Morgan fingerprint density at radius 1 is 1.05 bits per heavy atom. The molecule has 0 aliphatic rings. The summed E-state index contributed by atoms with van der Waals surface area (Å²) >= 11 is 5.65. The monoisotopic (exact) mass is 317 g/mol. The van der Waals surface area contributed by atoms with Gasteiger partial charge in [-0.15, -0.1) is 0 Å². The van der Waals surface area contributed by atoms with Crippen LogP contribution in [0.1, 0.15) is 24.1 Å². The third kappa shape index (κ3) is 3.47. The van der Waals surface area contributed by atoms with Crippen LogP contribution in [0.2, 0.25) is 5.02 Å². The summed E-state index contributed by atoms with van der Waals surface area (Å²) in [6.45, 7) is 1.53. The molecule has 1 unspecified atom stereocenters. The summed E-state index contributed by atoms with van der Waals surface area (Å²) in [5.41, 5.74) is -0.635. The van der Waals surface area contributed by atoms with Crippen LogP contribution in [-0.4, -0.2) is 0 Å². The van der Waals surface area contributed by atoms with Crippen LogP contribution in [0.5, 0.6) is 0 Å². The summed E-state index contributed by atoms with van der Waals surface area (Å²) in [5, 5.41) is 2.63. The summed E-state index contributed by atoms with van der Waals surface area (Å²) in [6.07, 6.45) is -4.46. The molecule has 0 saturated heterocycles. The van der Waals surface area contributed by atoms with E-state index in [4.69, 9.17) is 11.6 Å². The van der Waals surface area contributed by atoms with Gasteiger partial charge in [-0.2, -0.15) is 13.2 Å². The highest BCUT2D eigenvalue weighted by Crippen LogP contribution is 2.35. The van der Waals surface area contributed by atoms with Crippen LogP contribution in [-0.2, 0) is 6.18 Å². The number of hydrogen-bond acceptors (Lipinski definition) is 1. The Hall–Kier alpha value is -1.75. The second-order valence-corrected chi connectivity index (χ2v) is 4.96. The van der Waals surface area contributed by atoms with Gasteiger partial charge in [0, 0.05) is 6.04 Å². The number of anilines is 1. The van der Waals surface area contributed by atoms with E-state index in [2.05, 4.69) is 5.32 Å². The van der Waals surface area contributed by atoms with Gasteiger partial charge in [0.15, 0.2) is 5.82 Å². The Balaban J connectivity index is 2.33. The van der Waals surface area contributed by atoms with Crippen LogP contribution in [0.3, 0.4) is 0 Å². The highest BCUT2D eigenvalue weighted by molar-refractivity contribution is 6.31. The van der Waals surface area contributed by atoms with Crippen molar-refractivity contribution in [1.82, 2.24) is 0 Å². The van der Waals surface area contributed by atoms with Crippen molar-refractivity contribution in [2.75, 3.05) is 5.32 Å². The molecule has 1 atom stereocenters. The Kier molecular flexibility index (Phi) is 4.42. The Bertz CT molecular complexity index is 640. The standard InChI is InChI=1S/C15H12ClF4N/c1-9(21-13-8-4-7-12(16)14(13)17)10-5-2-3-6-11(10)15(18,19)20/h2-9,21H,1H3. The molecular formula is C15H12ClF4N. The predicted molar refractivity (Wildman–Crippen MR) is 74.9 cm³/mol. The van der Waals surface area contributed by atoms with Crippen LogP contribution in [0.15, 0.2) is 42.5 Å². The highest BCUT2D eigenvalue weighted by Gasteiger charge is 2.34. The number of nitrogens with one attached hydrogen (secondary N) is 1. The summed E-state index contributed by atoms with van der Waals surface area (Å²) in [5.74, 6) is -0.685. The van der Waals surface area contributed by atoms with Crippen molar-refractivity contribution in [3.63, 3.8) is 0 Å². The van der Waals surface area contributed by atoms with Gasteiger partial charge in [0.1, 0.15) is 0 Å². The minimum atomic E-state index is -4.46. The molecule has 0 saturated carbocycles. The molecule has 2 aromatic carbocycles. The first-order chi connectivity index (χ1) is 9.80. The van der Waals surface area contributed by atoms with E-state index in [0.717, 1.165) is 6.07 Å². The lowest BCUT2D eigenvalue weighted by Gasteiger charge is -2.20. The van der Waals surface area contributed by atoms with Crippen LogP contribution in [0.4, 0.5) is 23.2 Å². The molecule has 2 aromatic rings. The Labute approximate surface area is 124 Å². The molecule has 0 fully saturated rings. The van der Waals surface area contributed by atoms with E-state index in [1.165, 1.54) is 43.3 Å². The van der Waals surface area contributed by atoms with Crippen LogP contribution < -0.4 is 5.32 Å². The van der Waals surface area contributed by atoms with E-state index in [9.17, 15) is 17.6 Å². The summed E-state index contributed by atoms with van der Waals surface area (Å²) in [4.78, 5) is 0. The lowest BCUT2D eigenvalue weighted by Crippen LogP contribution is -2.15. The van der Waals surface area contributed by atoms with Crippen molar-refractivity contribution in [2.45, 2.75) is 19.1 Å². The molecule has 112 valence electrons. The van der Waals surface area contributed by atoms with Crippen molar-refractivity contribution in [3.8, 4) is 0 Å². The maximum Gasteiger partial charge on any atom is 0.416 e. The Morgan fingerprint density at radius 3 is 2.38 bits per heavy atom. The van der Waals surface area contributed by atoms with E-state index in [-0.39, 0.29) is 16.3 Å². The van der Waals surface area contributed by atoms with E-state index in [1.54, 1.807) is 0 Å². The van der Waals surface area contributed by atoms with Crippen molar-refractivity contribution < 1.29 is 17.6 Å². The van der Waals surface area contributed by atoms with Crippen LogP contribution in [0.25, 0.3) is 0 Å². The zero-order chi connectivity index (χ0) is 15.6. The first-order valence-electron chi connectivity index (χ1n) is 6.17. The van der Waals surface area contributed by atoms with E-state index in [1.807, 2.05) is 0 Å². The molecular weight excluding hydrogens is 306 g/mol. The average Bonchev–Trinajstić information content (AvgIpc) is 2.43. The molecule has 21 heavy (non-hydrogen) atoms. The fourth-order valence-corrected chi connectivity index (χ4v) is 2.23. The third-order valence-corrected chi connectivity index (χ3v) is 3.35. The minimum absolute atomic E-state index is 0.0457. The van der Waals surface area contributed by atoms with Crippen molar-refractivity contribution in [2.24, 2.45) is 0 Å². The molecule has 0 aromatic heterocycles. The van der Waals surface area contributed by atoms with Gasteiger partial charge in [-0.1, -0.05) is 35.9 Å². The number of hydrogen-bond donors (Lipinski definition) is 1. The van der Waals surface area contributed by atoms with Gasteiger partial charge in [0.25, 0.3) is 0 Å². The fourth-order valence-electron chi connectivity index (χ4n) is 2.06. The van der Waals surface area contributed by atoms with Crippen LogP contribution in [0, 0.1) is 5.82 Å². The maximum atomic E-state index is 13.8. The van der Waals surface area contributed by atoms with E-state index in [0.29, 0.717) is 0 Å². The second-order valence-electron chi connectivity index (χ2n) is 4.55. The molecule has 0 radical (unpaired) electrons. The smallest absolute Gasteiger partial charge is 0.376 e. The van der Waals surface area contributed by atoms with Gasteiger partial charge in [0.05, 0.1) is 16.3 Å². The average molecular weight is 318 g/mol. The number of rotatable bonds is 3. The molecule has 0 bridgehead atoms. The molecule has 0 aliphatic carbocycles. The lowest BCUT2D eigenvalue weighted by atomic mass is 10.0. The molecule has 0 aliphatic heterocycles. The molecule has 0 spiro atoms. The van der Waals surface area contributed by atoms with Gasteiger partial charge < -0.3 is 5.32 Å². The molecule has 6 heteroatoms. The zero-order valence-corrected chi connectivity index (χ0v) is 11.8. The molecule has 0 heterocycles. The van der Waals surface area contributed by atoms with Gasteiger partial charge in [-0.05, 0) is 30.7 Å². The SMILES string of the molecule is CC(Nc1cccc(Cl)c1F)c1ccccc1C(F)(F)F. The summed E-state index contributed by atoms with van der Waals surface area (Å²) < 4.78 is 52.7. The molecule has 1 nitrogen and oxygen atoms in total. The topological polar surface area (TPSA) is 12.0 Å². The maximum absolute atomic E-state index is 13.8. The summed E-state index contributed by atoms with van der Waals surface area (Å²) in [7, 11) is 0. The first-order valence-corrected chi connectivity index (χ1v) is 6.55.